The van der Waals surface area contributed by atoms with Crippen molar-refractivity contribution in [3.05, 3.63) is 48.2 Å². The summed E-state index contributed by atoms with van der Waals surface area (Å²) in [5, 5.41) is -0.139. The van der Waals surface area contributed by atoms with E-state index in [-0.39, 0.29) is 17.3 Å². The number of hydrogen-bond donors (Lipinski definition) is 2. The predicted molar refractivity (Wildman–Crippen MR) is 80.5 cm³/mol. The Labute approximate surface area is 124 Å². The molecule has 6 nitrogen and oxygen atoms in total. The maximum atomic E-state index is 12.1. The van der Waals surface area contributed by atoms with Crippen LogP contribution in [-0.2, 0) is 16.4 Å². The fourth-order valence-electron chi connectivity index (χ4n) is 1.82. The van der Waals surface area contributed by atoms with E-state index in [1.54, 1.807) is 13.2 Å². The molecule has 0 saturated heterocycles. The minimum Gasteiger partial charge on any atom is -0.497 e. The predicted octanol–water partition coefficient (Wildman–Crippen LogP) is 1.19. The summed E-state index contributed by atoms with van der Waals surface area (Å²) >= 11 is 0. The Hall–Kier alpha value is -2.12. The molecule has 1 heterocycles. The summed E-state index contributed by atoms with van der Waals surface area (Å²) in [7, 11) is -2.09. The number of nitrogens with zero attached hydrogens (tertiary/aromatic N) is 1. The van der Waals surface area contributed by atoms with Crippen LogP contribution in [0.5, 0.6) is 5.75 Å². The van der Waals surface area contributed by atoms with Crippen molar-refractivity contribution in [2.24, 2.45) is 0 Å². The molecule has 0 aliphatic carbocycles. The van der Waals surface area contributed by atoms with Crippen LogP contribution >= 0.6 is 0 Å². The van der Waals surface area contributed by atoms with Crippen LogP contribution in [0.15, 0.2) is 47.6 Å². The Bertz CT molecular complexity index is 700. The number of rotatable bonds is 6. The van der Waals surface area contributed by atoms with E-state index in [0.29, 0.717) is 6.42 Å². The lowest BCUT2D eigenvalue weighted by Gasteiger charge is -2.08. The van der Waals surface area contributed by atoms with Crippen LogP contribution in [0.3, 0.4) is 0 Å². The molecule has 3 N–H and O–H groups in total. The van der Waals surface area contributed by atoms with Gasteiger partial charge in [-0.1, -0.05) is 12.1 Å². The van der Waals surface area contributed by atoms with Gasteiger partial charge in [-0.25, -0.2) is 18.1 Å². The molecule has 2 aromatic rings. The number of hydrogen-bond acceptors (Lipinski definition) is 5. The second kappa shape index (κ2) is 6.55. The zero-order valence-corrected chi connectivity index (χ0v) is 12.4. The monoisotopic (exact) mass is 307 g/mol. The molecule has 0 bridgehead atoms. The van der Waals surface area contributed by atoms with Crippen LogP contribution in [0.2, 0.25) is 0 Å². The van der Waals surface area contributed by atoms with Gasteiger partial charge in [0.25, 0.3) is 10.0 Å². The molecule has 21 heavy (non-hydrogen) atoms. The summed E-state index contributed by atoms with van der Waals surface area (Å²) < 4.78 is 31.7. The van der Waals surface area contributed by atoms with Gasteiger partial charge in [0.2, 0.25) is 0 Å². The molecule has 0 aliphatic rings. The van der Waals surface area contributed by atoms with Crippen LogP contribution < -0.4 is 15.2 Å². The highest BCUT2D eigenvalue weighted by atomic mass is 32.2. The van der Waals surface area contributed by atoms with Gasteiger partial charge in [0.15, 0.2) is 5.03 Å². The maximum Gasteiger partial charge on any atom is 0.260 e. The summed E-state index contributed by atoms with van der Waals surface area (Å²) in [5.41, 5.74) is 6.77. The van der Waals surface area contributed by atoms with E-state index >= 15 is 0 Å². The van der Waals surface area contributed by atoms with Crippen molar-refractivity contribution in [1.29, 1.82) is 0 Å². The van der Waals surface area contributed by atoms with Gasteiger partial charge in [-0.15, -0.1) is 0 Å². The molecule has 1 aromatic heterocycles. The van der Waals surface area contributed by atoms with Crippen molar-refractivity contribution in [1.82, 2.24) is 9.71 Å². The van der Waals surface area contributed by atoms with Crippen molar-refractivity contribution in [2.45, 2.75) is 11.4 Å². The number of nitrogen functional groups attached to an aromatic ring is 1. The molecule has 2 rings (SSSR count). The molecule has 112 valence electrons. The summed E-state index contributed by atoms with van der Waals surface area (Å²) in [6.07, 6.45) is 1.96. The Morgan fingerprint density at radius 3 is 2.57 bits per heavy atom. The second-order valence-corrected chi connectivity index (χ2v) is 6.08. The van der Waals surface area contributed by atoms with Gasteiger partial charge in [-0.2, -0.15) is 0 Å². The number of ether oxygens (including phenoxy) is 1. The van der Waals surface area contributed by atoms with E-state index in [1.165, 1.54) is 12.3 Å². The van der Waals surface area contributed by atoms with Gasteiger partial charge in [0.05, 0.1) is 12.8 Å². The molecule has 0 spiro atoms. The van der Waals surface area contributed by atoms with Gasteiger partial charge >= 0.3 is 0 Å². The van der Waals surface area contributed by atoms with Crippen LogP contribution in [0, 0.1) is 0 Å². The summed E-state index contributed by atoms with van der Waals surface area (Å²) in [5.74, 6) is 0.764. The molecule has 1 aromatic carbocycles. The number of methoxy groups -OCH3 is 1. The van der Waals surface area contributed by atoms with Crippen molar-refractivity contribution >= 4 is 15.7 Å². The van der Waals surface area contributed by atoms with E-state index < -0.39 is 10.0 Å². The molecule has 0 amide bonds. The number of anilines is 1. The third-order valence-electron chi connectivity index (χ3n) is 2.92. The quantitative estimate of drug-likeness (QED) is 0.836. The number of sulfonamides is 1. The van der Waals surface area contributed by atoms with Crippen LogP contribution in [-0.4, -0.2) is 27.1 Å². The highest BCUT2D eigenvalue weighted by molar-refractivity contribution is 7.89. The van der Waals surface area contributed by atoms with Gasteiger partial charge in [-0.3, -0.25) is 0 Å². The molecular weight excluding hydrogens is 290 g/mol. The summed E-state index contributed by atoms with van der Waals surface area (Å²) in [6.45, 7) is 0.269. The van der Waals surface area contributed by atoms with Crippen molar-refractivity contribution in [2.75, 3.05) is 19.4 Å². The zero-order valence-electron chi connectivity index (χ0n) is 11.6. The first-order valence-electron chi connectivity index (χ1n) is 6.36. The van der Waals surface area contributed by atoms with Gasteiger partial charge in [-0.05, 0) is 36.2 Å². The second-order valence-electron chi connectivity index (χ2n) is 4.39. The molecule has 0 aliphatic heterocycles. The van der Waals surface area contributed by atoms with E-state index in [2.05, 4.69) is 9.71 Å². The fraction of sp³-hybridized carbons (Fsp3) is 0.214. The van der Waals surface area contributed by atoms with E-state index in [1.807, 2.05) is 24.3 Å². The lowest BCUT2D eigenvalue weighted by Crippen LogP contribution is -2.27. The first kappa shape index (κ1) is 15.3. The maximum absolute atomic E-state index is 12.1. The SMILES string of the molecule is COc1ccc(CCNS(=O)(=O)c2ncccc2N)cc1. The minimum atomic E-state index is -3.68. The highest BCUT2D eigenvalue weighted by Gasteiger charge is 2.17. The number of nitrogens with one attached hydrogen (secondary N) is 1. The van der Waals surface area contributed by atoms with Gasteiger partial charge in [0.1, 0.15) is 5.75 Å². The Kier molecular flexibility index (Phi) is 4.77. The smallest absolute Gasteiger partial charge is 0.260 e. The molecule has 7 heteroatoms. The van der Waals surface area contributed by atoms with E-state index in [4.69, 9.17) is 10.5 Å². The van der Waals surface area contributed by atoms with Crippen LogP contribution in [0.25, 0.3) is 0 Å². The van der Waals surface area contributed by atoms with E-state index in [0.717, 1.165) is 11.3 Å². The number of nitrogens with two attached hydrogens (primary N) is 1. The molecule has 0 radical (unpaired) electrons. The normalized spacial score (nSPS) is 11.3. The third-order valence-corrected chi connectivity index (χ3v) is 4.35. The number of benzene rings is 1. The lowest BCUT2D eigenvalue weighted by molar-refractivity contribution is 0.414. The zero-order chi connectivity index (χ0) is 15.3. The van der Waals surface area contributed by atoms with Crippen LogP contribution in [0.4, 0.5) is 5.69 Å². The first-order valence-corrected chi connectivity index (χ1v) is 7.84. The van der Waals surface area contributed by atoms with Crippen molar-refractivity contribution < 1.29 is 13.2 Å². The molecule has 0 atom stereocenters. The average molecular weight is 307 g/mol. The average Bonchev–Trinajstić information content (AvgIpc) is 2.48. The third kappa shape index (κ3) is 3.93. The number of pyridine rings is 1. The lowest BCUT2D eigenvalue weighted by atomic mass is 10.1. The van der Waals surface area contributed by atoms with Gasteiger partial charge < -0.3 is 10.5 Å². The molecule has 0 fully saturated rings. The summed E-state index contributed by atoms with van der Waals surface area (Å²) in [4.78, 5) is 3.81. The fourth-order valence-corrected chi connectivity index (χ4v) is 2.90. The van der Waals surface area contributed by atoms with Crippen molar-refractivity contribution in [3.8, 4) is 5.75 Å². The standard InChI is InChI=1S/C14H17N3O3S/c1-20-12-6-4-11(5-7-12)8-10-17-21(18,19)14-13(15)3-2-9-16-14/h2-7,9,17H,8,10,15H2,1H3. The van der Waals surface area contributed by atoms with Gasteiger partial charge in [0, 0.05) is 12.7 Å². The summed E-state index contributed by atoms with van der Waals surface area (Å²) in [6, 6.07) is 10.5. The Balaban J connectivity index is 1.97. The molecule has 0 saturated carbocycles. The Morgan fingerprint density at radius 2 is 1.95 bits per heavy atom. The molecule has 0 unspecified atom stereocenters. The van der Waals surface area contributed by atoms with Crippen molar-refractivity contribution in [3.63, 3.8) is 0 Å². The highest BCUT2D eigenvalue weighted by Crippen LogP contribution is 2.14. The minimum absolute atomic E-state index is 0.134. The van der Waals surface area contributed by atoms with E-state index in [9.17, 15) is 8.42 Å². The largest absolute Gasteiger partial charge is 0.497 e. The molecular formula is C14H17N3O3S. The first-order chi connectivity index (χ1) is 10.0. The Morgan fingerprint density at radius 1 is 1.24 bits per heavy atom. The van der Waals surface area contributed by atoms with Crippen LogP contribution in [0.1, 0.15) is 5.56 Å². The number of aromatic nitrogens is 1. The topological polar surface area (TPSA) is 94.3 Å².